The molecule has 2 saturated heterocycles. The molecule has 0 bridgehead atoms. The summed E-state index contributed by atoms with van der Waals surface area (Å²) in [5, 5.41) is 0. The van der Waals surface area contributed by atoms with Gasteiger partial charge in [-0.1, -0.05) is 31.5 Å². The van der Waals surface area contributed by atoms with E-state index in [0.29, 0.717) is 18.2 Å². The van der Waals surface area contributed by atoms with Crippen molar-refractivity contribution in [2.45, 2.75) is 52.9 Å². The molecular formula is C22H32N2O2. The summed E-state index contributed by atoms with van der Waals surface area (Å²) in [6.07, 6.45) is 4.75. The van der Waals surface area contributed by atoms with Gasteiger partial charge in [-0.15, -0.1) is 0 Å². The van der Waals surface area contributed by atoms with E-state index in [1.807, 2.05) is 36.1 Å². The van der Waals surface area contributed by atoms with Gasteiger partial charge >= 0.3 is 0 Å². The summed E-state index contributed by atoms with van der Waals surface area (Å²) in [4.78, 5) is 29.4. The average Bonchev–Trinajstić information content (AvgIpc) is 2.62. The standard InChI is InChI=1S/C22H32N2O2/c1-17(2)9-13-23-15-22(11-8-20(23)25)10-5-12-24(16-22)21(26)19-7-4-6-18(3)14-19/h4,6-7,14,17H,5,8-13,15-16H2,1-3H3. The van der Waals surface area contributed by atoms with Gasteiger partial charge in [0.25, 0.3) is 5.91 Å². The lowest BCUT2D eigenvalue weighted by atomic mass is 9.73. The molecule has 0 saturated carbocycles. The molecule has 0 aromatic heterocycles. The molecule has 0 radical (unpaired) electrons. The number of rotatable bonds is 4. The van der Waals surface area contributed by atoms with E-state index in [9.17, 15) is 9.59 Å². The Morgan fingerprint density at radius 1 is 1.23 bits per heavy atom. The number of hydrogen-bond donors (Lipinski definition) is 0. The zero-order valence-corrected chi connectivity index (χ0v) is 16.5. The quantitative estimate of drug-likeness (QED) is 0.821. The molecule has 4 heteroatoms. The minimum atomic E-state index is 0.0859. The molecule has 2 heterocycles. The van der Waals surface area contributed by atoms with Crippen LogP contribution in [0, 0.1) is 18.3 Å². The molecule has 3 rings (SSSR count). The zero-order chi connectivity index (χ0) is 18.7. The molecule has 1 spiro atoms. The SMILES string of the molecule is Cc1cccc(C(=O)N2CCCC3(CCC(=O)N(CCC(C)C)C3)C2)c1. The van der Waals surface area contributed by atoms with Crippen LogP contribution < -0.4 is 0 Å². The van der Waals surface area contributed by atoms with Crippen molar-refractivity contribution in [3.8, 4) is 0 Å². The Morgan fingerprint density at radius 2 is 2.04 bits per heavy atom. The molecule has 2 fully saturated rings. The smallest absolute Gasteiger partial charge is 0.253 e. The molecule has 0 N–H and O–H groups in total. The molecule has 1 aromatic rings. The van der Waals surface area contributed by atoms with E-state index in [1.165, 1.54) is 0 Å². The van der Waals surface area contributed by atoms with Crippen LogP contribution >= 0.6 is 0 Å². The number of amides is 2. The summed E-state index contributed by atoms with van der Waals surface area (Å²) >= 11 is 0. The van der Waals surface area contributed by atoms with E-state index in [2.05, 4.69) is 18.7 Å². The molecule has 1 atom stereocenters. The van der Waals surface area contributed by atoms with Crippen LogP contribution in [0.4, 0.5) is 0 Å². The molecule has 2 aliphatic heterocycles. The zero-order valence-electron chi connectivity index (χ0n) is 16.5. The maximum atomic E-state index is 13.0. The normalized spacial score (nSPS) is 23.8. The van der Waals surface area contributed by atoms with Crippen LogP contribution in [-0.2, 0) is 4.79 Å². The van der Waals surface area contributed by atoms with Crippen molar-refractivity contribution in [1.82, 2.24) is 9.80 Å². The van der Waals surface area contributed by atoms with Crippen LogP contribution in [0.15, 0.2) is 24.3 Å². The topological polar surface area (TPSA) is 40.6 Å². The second kappa shape index (κ2) is 7.81. The minimum absolute atomic E-state index is 0.0859. The fraction of sp³-hybridized carbons (Fsp3) is 0.636. The lowest BCUT2D eigenvalue weighted by Gasteiger charge is -2.48. The van der Waals surface area contributed by atoms with Gasteiger partial charge in [0.1, 0.15) is 0 Å². The fourth-order valence-corrected chi connectivity index (χ4v) is 4.40. The van der Waals surface area contributed by atoms with Crippen molar-refractivity contribution >= 4 is 11.8 Å². The molecule has 2 amide bonds. The lowest BCUT2D eigenvalue weighted by molar-refractivity contribution is -0.139. The first-order valence-corrected chi connectivity index (χ1v) is 10.0. The number of likely N-dealkylation sites (tertiary alicyclic amines) is 2. The number of carbonyl (C=O) groups is 2. The van der Waals surface area contributed by atoms with Gasteiger partial charge in [0, 0.05) is 43.6 Å². The molecule has 142 valence electrons. The number of benzene rings is 1. The van der Waals surface area contributed by atoms with Crippen molar-refractivity contribution in [2.75, 3.05) is 26.2 Å². The first-order chi connectivity index (χ1) is 12.4. The Bertz CT molecular complexity index is 670. The van der Waals surface area contributed by atoms with Crippen LogP contribution in [0.25, 0.3) is 0 Å². The second-order valence-electron chi connectivity index (χ2n) is 8.70. The van der Waals surface area contributed by atoms with Gasteiger partial charge in [-0.25, -0.2) is 0 Å². The van der Waals surface area contributed by atoms with Gasteiger partial charge in [0.2, 0.25) is 5.91 Å². The predicted molar refractivity (Wildman–Crippen MR) is 104 cm³/mol. The Kier molecular flexibility index (Phi) is 5.69. The van der Waals surface area contributed by atoms with Crippen LogP contribution in [0.1, 0.15) is 61.9 Å². The van der Waals surface area contributed by atoms with Crippen LogP contribution in [0.5, 0.6) is 0 Å². The van der Waals surface area contributed by atoms with Crippen LogP contribution in [0.3, 0.4) is 0 Å². The summed E-state index contributed by atoms with van der Waals surface area (Å²) < 4.78 is 0. The van der Waals surface area contributed by atoms with Gasteiger partial charge < -0.3 is 9.80 Å². The van der Waals surface area contributed by atoms with Crippen LogP contribution in [0.2, 0.25) is 0 Å². The number of piperidine rings is 2. The largest absolute Gasteiger partial charge is 0.342 e. The summed E-state index contributed by atoms with van der Waals surface area (Å²) in [5.41, 5.74) is 1.99. The maximum Gasteiger partial charge on any atom is 0.253 e. The fourth-order valence-electron chi connectivity index (χ4n) is 4.40. The highest BCUT2D eigenvalue weighted by Gasteiger charge is 2.42. The number of aryl methyl sites for hydroxylation is 1. The minimum Gasteiger partial charge on any atom is -0.342 e. The second-order valence-corrected chi connectivity index (χ2v) is 8.70. The highest BCUT2D eigenvalue weighted by molar-refractivity contribution is 5.94. The van der Waals surface area contributed by atoms with Crippen molar-refractivity contribution < 1.29 is 9.59 Å². The van der Waals surface area contributed by atoms with Gasteiger partial charge in [-0.3, -0.25) is 9.59 Å². The molecule has 26 heavy (non-hydrogen) atoms. The Hall–Kier alpha value is -1.84. The van der Waals surface area contributed by atoms with Gasteiger partial charge in [0.05, 0.1) is 0 Å². The third-order valence-corrected chi connectivity index (χ3v) is 5.94. The molecule has 2 aliphatic rings. The Labute approximate surface area is 157 Å². The molecular weight excluding hydrogens is 324 g/mol. The van der Waals surface area contributed by atoms with E-state index in [0.717, 1.165) is 63.0 Å². The van der Waals surface area contributed by atoms with Crippen molar-refractivity contribution in [2.24, 2.45) is 11.3 Å². The molecule has 1 aromatic carbocycles. The van der Waals surface area contributed by atoms with Gasteiger partial charge in [-0.05, 0) is 50.7 Å². The summed E-state index contributed by atoms with van der Waals surface area (Å²) in [6.45, 7) is 9.70. The summed E-state index contributed by atoms with van der Waals surface area (Å²) in [7, 11) is 0. The predicted octanol–water partition coefficient (Wildman–Crippen LogP) is 3.89. The maximum absolute atomic E-state index is 13.0. The third-order valence-electron chi connectivity index (χ3n) is 5.94. The van der Waals surface area contributed by atoms with E-state index < -0.39 is 0 Å². The monoisotopic (exact) mass is 356 g/mol. The van der Waals surface area contributed by atoms with E-state index in [4.69, 9.17) is 0 Å². The van der Waals surface area contributed by atoms with Crippen LogP contribution in [-0.4, -0.2) is 47.8 Å². The Morgan fingerprint density at radius 3 is 2.77 bits per heavy atom. The summed E-state index contributed by atoms with van der Waals surface area (Å²) in [6, 6.07) is 7.86. The van der Waals surface area contributed by atoms with Crippen molar-refractivity contribution in [3.63, 3.8) is 0 Å². The third kappa shape index (κ3) is 4.28. The summed E-state index contributed by atoms with van der Waals surface area (Å²) in [5.74, 6) is 1.03. The highest BCUT2D eigenvalue weighted by Crippen LogP contribution is 2.39. The molecule has 0 aliphatic carbocycles. The number of carbonyl (C=O) groups excluding carboxylic acids is 2. The molecule has 1 unspecified atom stereocenters. The van der Waals surface area contributed by atoms with E-state index in [1.54, 1.807) is 0 Å². The molecule has 4 nitrogen and oxygen atoms in total. The number of hydrogen-bond acceptors (Lipinski definition) is 2. The van der Waals surface area contributed by atoms with Gasteiger partial charge in [-0.2, -0.15) is 0 Å². The first kappa shape index (κ1) is 18.9. The lowest BCUT2D eigenvalue weighted by Crippen LogP contribution is -2.55. The number of nitrogens with zero attached hydrogens (tertiary/aromatic N) is 2. The highest BCUT2D eigenvalue weighted by atomic mass is 16.2. The Balaban J connectivity index is 1.70. The average molecular weight is 357 g/mol. The van der Waals surface area contributed by atoms with E-state index >= 15 is 0 Å². The first-order valence-electron chi connectivity index (χ1n) is 10.0. The van der Waals surface area contributed by atoms with Crippen molar-refractivity contribution in [1.29, 1.82) is 0 Å². The van der Waals surface area contributed by atoms with E-state index in [-0.39, 0.29) is 11.3 Å². The van der Waals surface area contributed by atoms with Gasteiger partial charge in [0.15, 0.2) is 0 Å². The van der Waals surface area contributed by atoms with Crippen molar-refractivity contribution in [3.05, 3.63) is 35.4 Å².